The first-order chi connectivity index (χ1) is 10.9. The Morgan fingerprint density at radius 1 is 1.30 bits per heavy atom. The van der Waals surface area contributed by atoms with Crippen molar-refractivity contribution in [3.63, 3.8) is 0 Å². The van der Waals surface area contributed by atoms with Gasteiger partial charge in [0.1, 0.15) is 5.69 Å². The Morgan fingerprint density at radius 3 is 2.65 bits per heavy atom. The van der Waals surface area contributed by atoms with E-state index < -0.39 is 11.9 Å². The molecule has 0 aliphatic carbocycles. The lowest BCUT2D eigenvalue weighted by molar-refractivity contribution is -0.141. The predicted octanol–water partition coefficient (Wildman–Crippen LogP) is 2.81. The van der Waals surface area contributed by atoms with Crippen LogP contribution in [0.1, 0.15) is 40.5 Å². The van der Waals surface area contributed by atoms with Crippen molar-refractivity contribution in [2.75, 3.05) is 6.54 Å². The van der Waals surface area contributed by atoms with Crippen molar-refractivity contribution in [3.8, 4) is 0 Å². The van der Waals surface area contributed by atoms with Crippen LogP contribution in [-0.2, 0) is 13.2 Å². The number of aryl methyl sites for hydroxylation is 1. The summed E-state index contributed by atoms with van der Waals surface area (Å²) < 4.78 is 39.3. The number of rotatable bonds is 2. The molecule has 3 rings (SSSR count). The maximum absolute atomic E-state index is 12.6. The van der Waals surface area contributed by atoms with Crippen LogP contribution in [0, 0.1) is 0 Å². The molecule has 1 fully saturated rings. The van der Waals surface area contributed by atoms with E-state index in [-0.39, 0.29) is 17.5 Å². The molecule has 0 saturated carbocycles. The summed E-state index contributed by atoms with van der Waals surface area (Å²) in [5.41, 5.74) is 0.0892. The second-order valence-corrected chi connectivity index (χ2v) is 5.53. The van der Waals surface area contributed by atoms with Gasteiger partial charge in [-0.2, -0.15) is 18.3 Å². The molecule has 23 heavy (non-hydrogen) atoms. The molecule has 0 spiro atoms. The molecule has 1 saturated heterocycles. The average molecular weight is 324 g/mol. The van der Waals surface area contributed by atoms with E-state index in [1.165, 1.54) is 6.07 Å². The van der Waals surface area contributed by atoms with Crippen LogP contribution in [0.3, 0.4) is 0 Å². The van der Waals surface area contributed by atoms with Gasteiger partial charge in [-0.1, -0.05) is 0 Å². The SMILES string of the molecule is Cn1cc([C@@H]2CCCN2C(=O)c2ccc(C(F)(F)F)nc2)cn1. The zero-order chi connectivity index (χ0) is 16.6. The number of likely N-dealkylation sites (tertiary alicyclic amines) is 1. The Bertz CT molecular complexity index is 708. The standard InChI is InChI=1S/C15H15F3N4O/c1-21-9-11(8-20-21)12-3-2-6-22(12)14(23)10-4-5-13(19-7-10)15(16,17)18/h4-5,7-9,12H,2-3,6H2,1H3/t12-/m0/s1. The molecule has 0 N–H and O–H groups in total. The van der Waals surface area contributed by atoms with Gasteiger partial charge in [-0.3, -0.25) is 14.5 Å². The summed E-state index contributed by atoms with van der Waals surface area (Å²) in [4.78, 5) is 17.6. The first-order valence-corrected chi connectivity index (χ1v) is 7.19. The number of carbonyl (C=O) groups excluding carboxylic acids is 1. The normalized spacial score (nSPS) is 18.4. The van der Waals surface area contributed by atoms with Crippen LogP contribution < -0.4 is 0 Å². The molecular weight excluding hydrogens is 309 g/mol. The van der Waals surface area contributed by atoms with Gasteiger partial charge in [0, 0.05) is 31.5 Å². The minimum absolute atomic E-state index is 0.0986. The summed E-state index contributed by atoms with van der Waals surface area (Å²) in [5.74, 6) is -0.308. The maximum atomic E-state index is 12.6. The van der Waals surface area contributed by atoms with E-state index in [0.717, 1.165) is 30.7 Å². The number of halogens is 3. The van der Waals surface area contributed by atoms with Crippen molar-refractivity contribution >= 4 is 5.91 Å². The average Bonchev–Trinajstić information content (AvgIpc) is 3.14. The summed E-state index contributed by atoms with van der Waals surface area (Å²) in [6.07, 6.45) is 1.70. The zero-order valence-electron chi connectivity index (χ0n) is 12.4. The van der Waals surface area contributed by atoms with Crippen molar-refractivity contribution in [1.29, 1.82) is 0 Å². The minimum Gasteiger partial charge on any atom is -0.331 e. The van der Waals surface area contributed by atoms with Crippen LogP contribution >= 0.6 is 0 Å². The monoisotopic (exact) mass is 324 g/mol. The fraction of sp³-hybridized carbons (Fsp3) is 0.400. The molecule has 2 aromatic rings. The first kappa shape index (κ1) is 15.5. The predicted molar refractivity (Wildman–Crippen MR) is 75.5 cm³/mol. The molecule has 0 bridgehead atoms. The third kappa shape index (κ3) is 3.06. The minimum atomic E-state index is -4.51. The largest absolute Gasteiger partial charge is 0.433 e. The molecule has 3 heterocycles. The Morgan fingerprint density at radius 2 is 2.09 bits per heavy atom. The third-order valence-electron chi connectivity index (χ3n) is 3.92. The molecule has 122 valence electrons. The molecule has 0 radical (unpaired) electrons. The molecule has 1 atom stereocenters. The smallest absolute Gasteiger partial charge is 0.331 e. The fourth-order valence-corrected chi connectivity index (χ4v) is 2.82. The molecule has 0 unspecified atom stereocenters. The van der Waals surface area contributed by atoms with Crippen LogP contribution in [0.5, 0.6) is 0 Å². The van der Waals surface area contributed by atoms with E-state index in [9.17, 15) is 18.0 Å². The van der Waals surface area contributed by atoms with Crippen molar-refractivity contribution < 1.29 is 18.0 Å². The van der Waals surface area contributed by atoms with Gasteiger partial charge >= 0.3 is 6.18 Å². The second kappa shape index (κ2) is 5.68. The second-order valence-electron chi connectivity index (χ2n) is 5.53. The van der Waals surface area contributed by atoms with Gasteiger partial charge < -0.3 is 4.90 Å². The van der Waals surface area contributed by atoms with E-state index in [0.29, 0.717) is 6.54 Å². The highest BCUT2D eigenvalue weighted by atomic mass is 19.4. The molecule has 1 aliphatic rings. The Kier molecular flexibility index (Phi) is 3.83. The van der Waals surface area contributed by atoms with Crippen LogP contribution in [0.2, 0.25) is 0 Å². The van der Waals surface area contributed by atoms with E-state index in [4.69, 9.17) is 0 Å². The van der Waals surface area contributed by atoms with Crippen LogP contribution in [-0.4, -0.2) is 32.1 Å². The molecule has 5 nitrogen and oxygen atoms in total. The van der Waals surface area contributed by atoms with Gasteiger partial charge in [0.2, 0.25) is 0 Å². The Labute approximate surface area is 130 Å². The fourth-order valence-electron chi connectivity index (χ4n) is 2.82. The molecular formula is C15H15F3N4O. The van der Waals surface area contributed by atoms with Crippen LogP contribution in [0.15, 0.2) is 30.7 Å². The number of carbonyl (C=O) groups is 1. The number of hydrogen-bond donors (Lipinski definition) is 0. The van der Waals surface area contributed by atoms with Crippen molar-refractivity contribution in [1.82, 2.24) is 19.7 Å². The highest BCUT2D eigenvalue weighted by molar-refractivity contribution is 5.94. The van der Waals surface area contributed by atoms with Crippen molar-refractivity contribution in [2.24, 2.45) is 7.05 Å². The zero-order valence-corrected chi connectivity index (χ0v) is 12.4. The van der Waals surface area contributed by atoms with E-state index in [1.54, 1.807) is 22.8 Å². The summed E-state index contributed by atoms with van der Waals surface area (Å²) in [6, 6.07) is 1.91. The van der Waals surface area contributed by atoms with Gasteiger partial charge in [0.15, 0.2) is 0 Å². The van der Waals surface area contributed by atoms with Crippen LogP contribution in [0.4, 0.5) is 13.2 Å². The summed E-state index contributed by atoms with van der Waals surface area (Å²) >= 11 is 0. The van der Waals surface area contributed by atoms with E-state index in [2.05, 4.69) is 10.1 Å². The summed E-state index contributed by atoms with van der Waals surface area (Å²) in [7, 11) is 1.80. The van der Waals surface area contributed by atoms with E-state index in [1.807, 2.05) is 6.20 Å². The first-order valence-electron chi connectivity index (χ1n) is 7.19. The number of pyridine rings is 1. The molecule has 2 aromatic heterocycles. The number of aromatic nitrogens is 3. The number of alkyl halides is 3. The third-order valence-corrected chi connectivity index (χ3v) is 3.92. The summed E-state index contributed by atoms with van der Waals surface area (Å²) in [6.45, 7) is 0.569. The Balaban J connectivity index is 1.82. The lowest BCUT2D eigenvalue weighted by Crippen LogP contribution is -2.30. The van der Waals surface area contributed by atoms with Gasteiger partial charge in [0.25, 0.3) is 5.91 Å². The maximum Gasteiger partial charge on any atom is 0.433 e. The number of amides is 1. The quantitative estimate of drug-likeness (QED) is 0.853. The van der Waals surface area contributed by atoms with Gasteiger partial charge in [-0.15, -0.1) is 0 Å². The summed E-state index contributed by atoms with van der Waals surface area (Å²) in [5, 5.41) is 4.11. The number of nitrogens with zero attached hydrogens (tertiary/aromatic N) is 4. The van der Waals surface area contributed by atoms with Gasteiger partial charge in [0.05, 0.1) is 17.8 Å². The highest BCUT2D eigenvalue weighted by Gasteiger charge is 2.34. The van der Waals surface area contributed by atoms with Crippen molar-refractivity contribution in [3.05, 3.63) is 47.5 Å². The van der Waals surface area contributed by atoms with Crippen LogP contribution in [0.25, 0.3) is 0 Å². The van der Waals surface area contributed by atoms with Gasteiger partial charge in [-0.25, -0.2) is 0 Å². The van der Waals surface area contributed by atoms with Crippen molar-refractivity contribution in [2.45, 2.75) is 25.1 Å². The molecule has 1 amide bonds. The Hall–Kier alpha value is -2.38. The molecule has 8 heteroatoms. The van der Waals surface area contributed by atoms with Gasteiger partial charge in [-0.05, 0) is 25.0 Å². The molecule has 1 aliphatic heterocycles. The highest BCUT2D eigenvalue weighted by Crippen LogP contribution is 2.33. The lowest BCUT2D eigenvalue weighted by atomic mass is 10.1. The van der Waals surface area contributed by atoms with E-state index >= 15 is 0 Å². The topological polar surface area (TPSA) is 51.0 Å². The lowest BCUT2D eigenvalue weighted by Gasteiger charge is -2.24. The molecule has 0 aromatic carbocycles. The number of hydrogen-bond acceptors (Lipinski definition) is 3.